The van der Waals surface area contributed by atoms with Gasteiger partial charge in [-0.3, -0.25) is 5.32 Å². The molecule has 188 valence electrons. The van der Waals surface area contributed by atoms with E-state index in [9.17, 15) is 18.0 Å². The predicted octanol–water partition coefficient (Wildman–Crippen LogP) is 4.00. The van der Waals surface area contributed by atoms with E-state index >= 15 is 0 Å². The smallest absolute Gasteiger partial charge is 0.328 e. The minimum absolute atomic E-state index is 0.0380. The number of halogens is 3. The number of anilines is 3. The summed E-state index contributed by atoms with van der Waals surface area (Å²) in [4.78, 5) is 25.2. The molecule has 0 bridgehead atoms. The standard InChI is InChI=1S/C25H25F3N6O2/c1-3-29-20-13-33(9-10-36-20)24-31-21(16-8-7-15(26)11-14(16)2)17-12-30-25(35)34(23(17)32-24)22-18(27)5-4-6-19(22)28/h4-8,11,20,29H,3,9-10,12-13H2,1-2H3,(H,30,35). The first-order valence-corrected chi connectivity index (χ1v) is 11.7. The van der Waals surface area contributed by atoms with Gasteiger partial charge < -0.3 is 15.0 Å². The van der Waals surface area contributed by atoms with Gasteiger partial charge in [0.05, 0.1) is 25.4 Å². The molecule has 11 heteroatoms. The summed E-state index contributed by atoms with van der Waals surface area (Å²) in [5.41, 5.74) is 1.62. The zero-order valence-corrected chi connectivity index (χ0v) is 19.8. The second-order valence-corrected chi connectivity index (χ2v) is 8.56. The number of amides is 2. The molecular weight excluding hydrogens is 473 g/mol. The number of carbonyl (C=O) groups is 1. The Hall–Kier alpha value is -3.70. The van der Waals surface area contributed by atoms with Crippen LogP contribution in [0, 0.1) is 24.4 Å². The van der Waals surface area contributed by atoms with Crippen molar-refractivity contribution in [1.29, 1.82) is 0 Å². The lowest BCUT2D eigenvalue weighted by atomic mass is 10.00. The van der Waals surface area contributed by atoms with Gasteiger partial charge in [0.2, 0.25) is 5.95 Å². The Morgan fingerprint density at radius 3 is 2.67 bits per heavy atom. The van der Waals surface area contributed by atoms with Crippen LogP contribution in [0.2, 0.25) is 0 Å². The third-order valence-electron chi connectivity index (χ3n) is 6.19. The minimum Gasteiger partial charge on any atom is -0.360 e. The molecular formula is C25H25F3N6O2. The fourth-order valence-corrected chi connectivity index (χ4v) is 4.50. The average molecular weight is 499 g/mol. The SMILES string of the molecule is CCNC1CN(c2nc(-c3ccc(F)cc3C)c3c(n2)N(c2c(F)cccc2F)C(=O)NC3)CCO1. The molecule has 1 atom stereocenters. The lowest BCUT2D eigenvalue weighted by molar-refractivity contribution is 0.0189. The number of nitrogens with zero attached hydrogens (tertiary/aromatic N) is 4. The van der Waals surface area contributed by atoms with Crippen LogP contribution in [0.5, 0.6) is 0 Å². The summed E-state index contributed by atoms with van der Waals surface area (Å²) < 4.78 is 49.3. The van der Waals surface area contributed by atoms with Gasteiger partial charge in [0.1, 0.15) is 29.4 Å². The van der Waals surface area contributed by atoms with Crippen LogP contribution < -0.4 is 20.4 Å². The maximum absolute atomic E-state index is 14.8. The number of hydrogen-bond donors (Lipinski definition) is 2. The monoisotopic (exact) mass is 498 g/mol. The molecule has 2 aliphatic rings. The van der Waals surface area contributed by atoms with Crippen molar-refractivity contribution in [2.45, 2.75) is 26.6 Å². The molecule has 2 amide bonds. The van der Waals surface area contributed by atoms with E-state index in [2.05, 4.69) is 15.6 Å². The van der Waals surface area contributed by atoms with Gasteiger partial charge in [-0.2, -0.15) is 4.98 Å². The largest absolute Gasteiger partial charge is 0.360 e. The lowest BCUT2D eigenvalue weighted by Crippen LogP contribution is -2.50. The summed E-state index contributed by atoms with van der Waals surface area (Å²) in [6, 6.07) is 6.97. The molecule has 3 heterocycles. The molecule has 1 saturated heterocycles. The van der Waals surface area contributed by atoms with E-state index in [1.165, 1.54) is 18.2 Å². The van der Waals surface area contributed by atoms with Crippen molar-refractivity contribution in [2.75, 3.05) is 36.0 Å². The van der Waals surface area contributed by atoms with Crippen molar-refractivity contribution in [3.8, 4) is 11.3 Å². The van der Waals surface area contributed by atoms with Crippen LogP contribution in [0.25, 0.3) is 11.3 Å². The van der Waals surface area contributed by atoms with Gasteiger partial charge in [-0.05, 0) is 49.4 Å². The van der Waals surface area contributed by atoms with E-state index in [1.54, 1.807) is 13.0 Å². The van der Waals surface area contributed by atoms with Crippen LogP contribution in [0.4, 0.5) is 35.4 Å². The first-order chi connectivity index (χ1) is 17.4. The van der Waals surface area contributed by atoms with Gasteiger partial charge in [-0.1, -0.05) is 13.0 Å². The molecule has 0 spiro atoms. The first-order valence-electron chi connectivity index (χ1n) is 11.7. The number of aryl methyl sites for hydroxylation is 1. The maximum atomic E-state index is 14.8. The van der Waals surface area contributed by atoms with Crippen LogP contribution in [0.1, 0.15) is 18.1 Å². The average Bonchev–Trinajstić information content (AvgIpc) is 2.85. The fourth-order valence-electron chi connectivity index (χ4n) is 4.50. The summed E-state index contributed by atoms with van der Waals surface area (Å²) in [7, 11) is 0. The number of morpholine rings is 1. The number of benzene rings is 2. The Morgan fingerprint density at radius 2 is 1.94 bits per heavy atom. The topological polar surface area (TPSA) is 82.6 Å². The minimum atomic E-state index is -0.906. The van der Waals surface area contributed by atoms with Gasteiger partial charge in [0.25, 0.3) is 0 Å². The van der Waals surface area contributed by atoms with Crippen LogP contribution in [0.3, 0.4) is 0 Å². The molecule has 0 saturated carbocycles. The number of carbonyl (C=O) groups excluding carboxylic acids is 1. The molecule has 36 heavy (non-hydrogen) atoms. The predicted molar refractivity (Wildman–Crippen MR) is 129 cm³/mol. The number of fused-ring (bicyclic) bond motifs is 1. The van der Waals surface area contributed by atoms with Crippen molar-refractivity contribution in [3.63, 3.8) is 0 Å². The molecule has 2 N–H and O–H groups in total. The van der Waals surface area contributed by atoms with Gasteiger partial charge in [-0.25, -0.2) is 27.8 Å². The number of likely N-dealkylation sites (N-methyl/N-ethyl adjacent to an activating group) is 1. The molecule has 1 unspecified atom stereocenters. The summed E-state index contributed by atoms with van der Waals surface area (Å²) >= 11 is 0. The number of hydrogen-bond acceptors (Lipinski definition) is 6. The Balaban J connectivity index is 1.72. The summed E-state index contributed by atoms with van der Waals surface area (Å²) in [5, 5.41) is 5.89. The fraction of sp³-hybridized carbons (Fsp3) is 0.320. The molecule has 3 aromatic rings. The van der Waals surface area contributed by atoms with Gasteiger partial charge in [0, 0.05) is 17.7 Å². The number of aromatic nitrogens is 2. The molecule has 0 radical (unpaired) electrons. The molecule has 0 aliphatic carbocycles. The highest BCUT2D eigenvalue weighted by molar-refractivity contribution is 6.02. The molecule has 8 nitrogen and oxygen atoms in total. The van der Waals surface area contributed by atoms with E-state index in [-0.39, 0.29) is 24.5 Å². The zero-order valence-electron chi connectivity index (χ0n) is 19.8. The lowest BCUT2D eigenvalue weighted by Gasteiger charge is -2.35. The zero-order chi connectivity index (χ0) is 25.4. The third kappa shape index (κ3) is 4.35. The van der Waals surface area contributed by atoms with Crippen molar-refractivity contribution in [3.05, 3.63) is 65.0 Å². The highest BCUT2D eigenvalue weighted by atomic mass is 19.1. The Morgan fingerprint density at radius 1 is 1.17 bits per heavy atom. The van der Waals surface area contributed by atoms with Gasteiger partial charge >= 0.3 is 6.03 Å². The molecule has 2 aliphatic heterocycles. The van der Waals surface area contributed by atoms with Gasteiger partial charge in [-0.15, -0.1) is 0 Å². The summed E-state index contributed by atoms with van der Waals surface area (Å²) in [6.45, 7) is 5.76. The van der Waals surface area contributed by atoms with Crippen LogP contribution >= 0.6 is 0 Å². The van der Waals surface area contributed by atoms with Crippen molar-refractivity contribution in [2.24, 2.45) is 0 Å². The van der Waals surface area contributed by atoms with E-state index in [4.69, 9.17) is 9.72 Å². The van der Waals surface area contributed by atoms with E-state index < -0.39 is 29.2 Å². The summed E-state index contributed by atoms with van der Waals surface area (Å²) in [6.07, 6.45) is -0.261. The van der Waals surface area contributed by atoms with Gasteiger partial charge in [0.15, 0.2) is 5.82 Å². The van der Waals surface area contributed by atoms with Crippen molar-refractivity contribution in [1.82, 2.24) is 20.6 Å². The van der Waals surface area contributed by atoms with Crippen LogP contribution in [-0.2, 0) is 11.3 Å². The molecule has 1 aromatic heterocycles. The first kappa shape index (κ1) is 24.0. The van der Waals surface area contributed by atoms with Crippen molar-refractivity contribution < 1.29 is 22.7 Å². The number of nitrogens with one attached hydrogen (secondary N) is 2. The van der Waals surface area contributed by atoms with E-state index in [0.29, 0.717) is 48.6 Å². The van der Waals surface area contributed by atoms with E-state index in [1.807, 2.05) is 11.8 Å². The van der Waals surface area contributed by atoms with Crippen LogP contribution in [-0.4, -0.2) is 48.5 Å². The molecule has 1 fully saturated rings. The van der Waals surface area contributed by atoms with Crippen LogP contribution in [0.15, 0.2) is 36.4 Å². The number of rotatable bonds is 5. The highest BCUT2D eigenvalue weighted by Gasteiger charge is 2.35. The quantitative estimate of drug-likeness (QED) is 0.554. The normalized spacial score (nSPS) is 17.7. The number of ether oxygens (including phenoxy) is 1. The molecule has 2 aromatic carbocycles. The number of para-hydroxylation sites is 1. The Labute approximate surface area is 206 Å². The maximum Gasteiger partial charge on any atom is 0.328 e. The summed E-state index contributed by atoms with van der Waals surface area (Å²) in [5.74, 6) is -1.87. The van der Waals surface area contributed by atoms with Crippen molar-refractivity contribution >= 4 is 23.5 Å². The molecule has 5 rings (SSSR count). The Kier molecular flexibility index (Phi) is 6.50. The highest BCUT2D eigenvalue weighted by Crippen LogP contribution is 2.39. The third-order valence-corrected chi connectivity index (χ3v) is 6.19. The second-order valence-electron chi connectivity index (χ2n) is 8.56. The van der Waals surface area contributed by atoms with E-state index in [0.717, 1.165) is 17.0 Å². The number of urea groups is 1. The second kappa shape index (κ2) is 9.75. The Bertz CT molecular complexity index is 1300.